The van der Waals surface area contributed by atoms with Crippen LogP contribution in [-0.4, -0.2) is 119 Å². The summed E-state index contributed by atoms with van der Waals surface area (Å²) >= 11 is 20.0. The molecule has 28 heteroatoms. The van der Waals surface area contributed by atoms with Crippen molar-refractivity contribution in [2.24, 2.45) is 12.8 Å². The number of rotatable bonds is 17. The van der Waals surface area contributed by atoms with E-state index in [4.69, 9.17) is 54.7 Å². The van der Waals surface area contributed by atoms with Gasteiger partial charge < -0.3 is 34.9 Å². The molecule has 16 rings (SSSR count). The average molecular weight is 1640 g/mol. The summed E-state index contributed by atoms with van der Waals surface area (Å²) in [5.41, 5.74) is 20.0. The number of aliphatic hydroxyl groups is 1. The van der Waals surface area contributed by atoms with Crippen molar-refractivity contribution in [2.75, 3.05) is 26.6 Å². The molecule has 0 aliphatic heterocycles. The lowest BCUT2D eigenvalue weighted by atomic mass is 9.99. The number of nitrogens with two attached hydrogens (primary N) is 1. The molecule has 3 unspecified atom stereocenters. The molecule has 14 heterocycles. The first-order chi connectivity index (χ1) is 55.6. The largest absolute Gasteiger partial charge is 0.481 e. The quantitative estimate of drug-likeness (QED) is 0.0433. The van der Waals surface area contributed by atoms with Gasteiger partial charge in [-0.25, -0.2) is 29.9 Å². The molecule has 570 valence electrons. The number of fused-ring (bicyclic) bond motifs is 2. The van der Waals surface area contributed by atoms with Crippen LogP contribution in [0.15, 0.2) is 317 Å². The lowest BCUT2D eigenvalue weighted by Gasteiger charge is -2.21. The molecule has 114 heavy (non-hydrogen) atoms. The van der Waals surface area contributed by atoms with E-state index in [0.717, 1.165) is 66.4 Å². The minimum absolute atomic E-state index is 0.0942. The summed E-state index contributed by atoms with van der Waals surface area (Å²) in [6.45, 7) is 0. The van der Waals surface area contributed by atoms with Crippen molar-refractivity contribution in [1.29, 1.82) is 0 Å². The second-order valence-corrected chi connectivity index (χ2v) is 26.0. The fraction of sp³-hybridized carbons (Fsp3) is 0.0814. The molecule has 16 aromatic rings. The molecule has 0 fully saturated rings. The Morgan fingerprint density at radius 2 is 0.912 bits per heavy atom. The van der Waals surface area contributed by atoms with Crippen molar-refractivity contribution in [1.82, 2.24) is 74.3 Å². The molecule has 0 radical (unpaired) electrons. The number of methoxy groups -OCH3 is 3. The van der Waals surface area contributed by atoms with E-state index >= 15 is 0 Å². The van der Waals surface area contributed by atoms with E-state index in [9.17, 15) is 19.5 Å². The highest BCUT2D eigenvalue weighted by atomic mass is 79.9. The SMILES string of the molecule is Brc1cccnc1.COc1ccc(C(=O)c2cccnc2)cn1.COc1ccc(C(N)c2cccnc2)cn1.COc1ccc(C(Nc2cc(-c3ccc4ccn(C)c4c3)c3nccnc3c2)c2cccnc2)cn1.O=C(c1cccnc1)c1ccc(Cl)nc1.O=Cc1ccc(Cl)nc1.OC(c1cccnc1)c1ccc(Cl)nc1. The second-order valence-electron chi connectivity index (χ2n) is 24.0. The summed E-state index contributed by atoms with van der Waals surface area (Å²) in [6.07, 6.45) is 35.2. The third-order valence-corrected chi connectivity index (χ3v) is 17.5. The fourth-order valence-corrected chi connectivity index (χ4v) is 11.2. The number of pyridine rings is 12. The molecule has 0 saturated carbocycles. The summed E-state index contributed by atoms with van der Waals surface area (Å²) < 4.78 is 18.3. The average Bonchev–Trinajstić information content (AvgIpc) is 1.26. The standard InChI is InChI=1S/C29H24N6O.C12H13N3O.C12H10N2O2.C11H9ClN2O.C11H7ClN2O.C6H4ClNO.C5H4BrN/c1-35-13-9-19-5-6-20(14-26(19)35)24-15-23(16-25-29(24)32-12-11-31-25)34-28(21-4-3-10-30-17-21)22-7-8-27(36-2)33-18-22;1-16-11-5-4-10(8-15-11)12(13)9-3-2-6-14-7-9;1-16-11-5-4-10(8-14-11)12(15)9-3-2-6-13-7-9;2*12-10-4-3-9(7-14-10)11(15)8-2-1-5-13-6-8;7-6-2-1-5(4-9)3-8-6;6-5-2-1-3-7-4-5/h3-18,28,34H,1-2H3;2-8,12H,13H2,1H3;2-8H,1H3;1-7,11,15H;1-7H;1-4H;1-4H. The van der Waals surface area contributed by atoms with Gasteiger partial charge in [0.25, 0.3) is 0 Å². The Labute approximate surface area is 679 Å². The number of hydrogen-bond donors (Lipinski definition) is 3. The number of benzene rings is 2. The topological polar surface area (TPSA) is 323 Å². The maximum Gasteiger partial charge on any atom is 0.212 e. The first kappa shape index (κ1) is 83.1. The van der Waals surface area contributed by atoms with Gasteiger partial charge in [-0.2, -0.15) is 0 Å². The van der Waals surface area contributed by atoms with Crippen LogP contribution >= 0.6 is 50.7 Å². The summed E-state index contributed by atoms with van der Waals surface area (Å²) in [4.78, 5) is 91.0. The van der Waals surface area contributed by atoms with Crippen LogP contribution in [0.1, 0.15) is 93.8 Å². The molecular weight excluding hydrogens is 1570 g/mol. The van der Waals surface area contributed by atoms with Crippen molar-refractivity contribution >= 4 is 96.2 Å². The van der Waals surface area contributed by atoms with E-state index in [1.807, 2.05) is 73.1 Å². The number of halogens is 4. The van der Waals surface area contributed by atoms with Gasteiger partial charge in [0.2, 0.25) is 17.6 Å². The molecule has 4 N–H and O–H groups in total. The summed E-state index contributed by atoms with van der Waals surface area (Å²) in [5, 5.41) is 16.1. The van der Waals surface area contributed by atoms with Crippen LogP contribution < -0.4 is 25.3 Å². The maximum absolute atomic E-state index is 11.9. The van der Waals surface area contributed by atoms with Crippen LogP contribution in [0.25, 0.3) is 33.1 Å². The zero-order valence-corrected chi connectivity index (χ0v) is 65.3. The number of carbonyl (C=O) groups is 3. The van der Waals surface area contributed by atoms with Crippen molar-refractivity contribution in [2.45, 2.75) is 18.2 Å². The number of nitrogens with one attached hydrogen (secondary N) is 1. The third kappa shape index (κ3) is 24.5. The monoisotopic (exact) mass is 1640 g/mol. The minimum Gasteiger partial charge on any atom is -0.481 e. The molecule has 14 aromatic heterocycles. The Kier molecular flexibility index (Phi) is 31.5. The number of ether oxygens (including phenoxy) is 3. The lowest BCUT2D eigenvalue weighted by molar-refractivity contribution is 0.103. The van der Waals surface area contributed by atoms with Gasteiger partial charge in [-0.3, -0.25) is 54.3 Å². The van der Waals surface area contributed by atoms with Crippen molar-refractivity contribution in [3.8, 4) is 28.8 Å². The molecule has 0 saturated heterocycles. The number of aryl methyl sites for hydroxylation is 1. The molecule has 3 atom stereocenters. The smallest absolute Gasteiger partial charge is 0.212 e. The van der Waals surface area contributed by atoms with Crippen LogP contribution in [0, 0.1) is 0 Å². The van der Waals surface area contributed by atoms with Gasteiger partial charge in [-0.05, 0) is 170 Å². The minimum atomic E-state index is -0.705. The number of aromatic nitrogens is 15. The number of anilines is 1. The van der Waals surface area contributed by atoms with E-state index < -0.39 is 6.10 Å². The van der Waals surface area contributed by atoms with Crippen LogP contribution in [0.2, 0.25) is 15.5 Å². The van der Waals surface area contributed by atoms with Gasteiger partial charge in [0.15, 0.2) is 17.9 Å². The lowest BCUT2D eigenvalue weighted by Crippen LogP contribution is -2.13. The van der Waals surface area contributed by atoms with Crippen molar-refractivity contribution in [3.05, 3.63) is 393 Å². The van der Waals surface area contributed by atoms with Gasteiger partial charge in [0.05, 0.1) is 44.4 Å². The van der Waals surface area contributed by atoms with E-state index in [0.29, 0.717) is 66.5 Å². The predicted molar refractivity (Wildman–Crippen MR) is 442 cm³/mol. The van der Waals surface area contributed by atoms with Gasteiger partial charge >= 0.3 is 0 Å². The van der Waals surface area contributed by atoms with Crippen LogP contribution in [0.5, 0.6) is 17.6 Å². The Hall–Kier alpha value is -13.4. The Bertz CT molecular complexity index is 5630. The van der Waals surface area contributed by atoms with E-state index in [1.54, 1.807) is 180 Å². The highest BCUT2D eigenvalue weighted by molar-refractivity contribution is 9.10. The number of aldehydes is 1. The Balaban J connectivity index is 0.000000151. The molecule has 0 aliphatic rings. The maximum atomic E-state index is 11.9. The molecule has 24 nitrogen and oxygen atoms in total. The van der Waals surface area contributed by atoms with E-state index in [-0.39, 0.29) is 23.7 Å². The molecule has 0 amide bonds. The zero-order chi connectivity index (χ0) is 80.4. The highest BCUT2D eigenvalue weighted by Gasteiger charge is 2.19. The molecule has 0 bridgehead atoms. The van der Waals surface area contributed by atoms with Crippen LogP contribution in [0.4, 0.5) is 5.69 Å². The number of aliphatic hydroxyl groups excluding tert-OH is 1. The number of hydrogen-bond acceptors (Lipinski definition) is 23. The van der Waals surface area contributed by atoms with Gasteiger partial charge in [0.1, 0.15) is 21.6 Å². The summed E-state index contributed by atoms with van der Waals surface area (Å²) in [5.74, 6) is 1.45. The molecule has 0 aliphatic carbocycles. The molecular formula is C86H71BrCl3N17O7. The predicted octanol–water partition coefficient (Wildman–Crippen LogP) is 17.0. The number of ketones is 2. The fourth-order valence-electron chi connectivity index (χ4n) is 10.6. The third-order valence-electron chi connectivity index (χ3n) is 16.4. The Morgan fingerprint density at radius 1 is 0.456 bits per heavy atom. The van der Waals surface area contributed by atoms with Gasteiger partial charge in [0, 0.05) is 216 Å². The van der Waals surface area contributed by atoms with Crippen LogP contribution in [-0.2, 0) is 7.05 Å². The van der Waals surface area contributed by atoms with Crippen molar-refractivity contribution in [3.63, 3.8) is 0 Å². The first-order valence-electron chi connectivity index (χ1n) is 34.5. The Morgan fingerprint density at radius 3 is 1.39 bits per heavy atom. The summed E-state index contributed by atoms with van der Waals surface area (Å²) in [7, 11) is 6.79. The van der Waals surface area contributed by atoms with Crippen LogP contribution in [0.3, 0.4) is 0 Å². The molecule has 0 spiro atoms. The molecule has 2 aromatic carbocycles. The van der Waals surface area contributed by atoms with E-state index in [1.165, 1.54) is 49.0 Å². The second kappa shape index (κ2) is 43.3. The normalized spacial score (nSPS) is 11.1. The zero-order valence-electron chi connectivity index (χ0n) is 61.4. The van der Waals surface area contributed by atoms with Crippen molar-refractivity contribution < 1.29 is 33.7 Å². The van der Waals surface area contributed by atoms with E-state index in [2.05, 4.69) is 145 Å². The highest BCUT2D eigenvalue weighted by Crippen LogP contribution is 2.35. The number of nitrogens with zero attached hydrogens (tertiary/aromatic N) is 15. The van der Waals surface area contributed by atoms with Gasteiger partial charge in [-0.1, -0.05) is 77.3 Å². The number of carbonyl (C=O) groups excluding carboxylic acids is 3. The summed E-state index contributed by atoms with van der Waals surface area (Å²) in [6, 6.07) is 55.2. The first-order valence-corrected chi connectivity index (χ1v) is 36.5. The van der Waals surface area contributed by atoms with Gasteiger partial charge in [-0.15, -0.1) is 0 Å².